The Morgan fingerprint density at radius 1 is 1.12 bits per heavy atom. The summed E-state index contributed by atoms with van der Waals surface area (Å²) in [4.78, 5) is 12.4. The van der Waals surface area contributed by atoms with Crippen molar-refractivity contribution in [3.8, 4) is 22.1 Å². The minimum atomic E-state index is -0.265. The highest BCUT2D eigenvalue weighted by molar-refractivity contribution is 14.1. The molecule has 1 aromatic heterocycles. The SMILES string of the molecule is O=C(Nc1nnc(-c2ccccc2I)s1)c1ccc2c(c1)OCO2. The molecule has 3 aromatic rings. The van der Waals surface area contributed by atoms with Crippen molar-refractivity contribution >= 4 is 45.0 Å². The molecule has 0 fully saturated rings. The molecule has 0 atom stereocenters. The summed E-state index contributed by atoms with van der Waals surface area (Å²) < 4.78 is 11.6. The van der Waals surface area contributed by atoms with Gasteiger partial charge in [0.15, 0.2) is 16.5 Å². The van der Waals surface area contributed by atoms with E-state index in [2.05, 4.69) is 38.1 Å². The van der Waals surface area contributed by atoms with E-state index in [4.69, 9.17) is 9.47 Å². The van der Waals surface area contributed by atoms with Crippen molar-refractivity contribution in [3.63, 3.8) is 0 Å². The summed E-state index contributed by atoms with van der Waals surface area (Å²) in [6.07, 6.45) is 0. The number of rotatable bonds is 3. The summed E-state index contributed by atoms with van der Waals surface area (Å²) >= 11 is 3.58. The summed E-state index contributed by atoms with van der Waals surface area (Å²) in [6, 6.07) is 13.0. The van der Waals surface area contributed by atoms with Gasteiger partial charge in [0.05, 0.1) is 0 Å². The molecule has 1 N–H and O–H groups in total. The van der Waals surface area contributed by atoms with Crippen molar-refractivity contribution in [2.45, 2.75) is 0 Å². The largest absolute Gasteiger partial charge is 0.454 e. The van der Waals surface area contributed by atoms with Gasteiger partial charge in [-0.25, -0.2) is 0 Å². The lowest BCUT2D eigenvalue weighted by molar-refractivity contribution is 0.102. The van der Waals surface area contributed by atoms with Crippen molar-refractivity contribution in [3.05, 3.63) is 51.6 Å². The number of carbonyl (C=O) groups excluding carboxylic acids is 1. The Hall–Kier alpha value is -2.20. The van der Waals surface area contributed by atoms with Crippen molar-refractivity contribution in [1.82, 2.24) is 10.2 Å². The molecule has 120 valence electrons. The fourth-order valence-electron chi connectivity index (χ4n) is 2.22. The molecule has 2 aromatic carbocycles. The number of fused-ring (bicyclic) bond motifs is 1. The maximum atomic E-state index is 12.4. The number of hydrogen-bond acceptors (Lipinski definition) is 6. The van der Waals surface area contributed by atoms with E-state index in [0.29, 0.717) is 22.2 Å². The Morgan fingerprint density at radius 2 is 1.96 bits per heavy atom. The van der Waals surface area contributed by atoms with Gasteiger partial charge in [0, 0.05) is 14.7 Å². The van der Waals surface area contributed by atoms with E-state index in [1.54, 1.807) is 18.2 Å². The van der Waals surface area contributed by atoms with Crippen LogP contribution in [0.15, 0.2) is 42.5 Å². The van der Waals surface area contributed by atoms with Crippen LogP contribution >= 0.6 is 33.9 Å². The van der Waals surface area contributed by atoms with Gasteiger partial charge in [-0.05, 0) is 46.9 Å². The molecule has 8 heteroatoms. The van der Waals surface area contributed by atoms with E-state index < -0.39 is 0 Å². The van der Waals surface area contributed by atoms with Gasteiger partial charge in [0.25, 0.3) is 5.91 Å². The second-order valence-corrected chi connectivity index (χ2v) is 7.05. The molecule has 1 amide bonds. The Labute approximate surface area is 155 Å². The summed E-state index contributed by atoms with van der Waals surface area (Å²) in [5.74, 6) is 0.946. The fraction of sp³-hybridized carbons (Fsp3) is 0.0625. The van der Waals surface area contributed by atoms with Crippen molar-refractivity contribution in [1.29, 1.82) is 0 Å². The predicted octanol–water partition coefficient (Wildman–Crippen LogP) is 3.79. The molecule has 0 bridgehead atoms. The zero-order valence-corrected chi connectivity index (χ0v) is 15.1. The van der Waals surface area contributed by atoms with Gasteiger partial charge >= 0.3 is 0 Å². The normalized spacial score (nSPS) is 12.2. The first-order valence-corrected chi connectivity index (χ1v) is 8.89. The van der Waals surface area contributed by atoms with Crippen molar-refractivity contribution in [2.75, 3.05) is 12.1 Å². The number of anilines is 1. The molecule has 0 radical (unpaired) electrons. The zero-order valence-electron chi connectivity index (χ0n) is 12.2. The van der Waals surface area contributed by atoms with E-state index in [-0.39, 0.29) is 12.7 Å². The fourth-order valence-corrected chi connectivity index (χ4v) is 3.83. The predicted molar refractivity (Wildman–Crippen MR) is 98.6 cm³/mol. The topological polar surface area (TPSA) is 73.3 Å². The molecule has 0 spiro atoms. The maximum Gasteiger partial charge on any atom is 0.257 e. The Kier molecular flexibility index (Phi) is 4.07. The van der Waals surface area contributed by atoms with E-state index >= 15 is 0 Å². The highest BCUT2D eigenvalue weighted by Crippen LogP contribution is 2.33. The maximum absolute atomic E-state index is 12.4. The minimum Gasteiger partial charge on any atom is -0.454 e. The first-order chi connectivity index (χ1) is 11.7. The quantitative estimate of drug-likeness (QED) is 0.614. The third-order valence-corrected chi connectivity index (χ3v) is 5.20. The first kappa shape index (κ1) is 15.3. The number of halogens is 1. The molecule has 0 unspecified atom stereocenters. The van der Waals surface area contributed by atoms with E-state index in [9.17, 15) is 4.79 Å². The number of hydrogen-bond donors (Lipinski definition) is 1. The Morgan fingerprint density at radius 3 is 2.83 bits per heavy atom. The van der Waals surface area contributed by atoms with Crippen LogP contribution < -0.4 is 14.8 Å². The van der Waals surface area contributed by atoms with Crippen molar-refractivity contribution < 1.29 is 14.3 Å². The molecule has 2 heterocycles. The second-order valence-electron chi connectivity index (χ2n) is 4.91. The molecule has 0 aliphatic carbocycles. The molecular weight excluding hydrogens is 441 g/mol. The van der Waals surface area contributed by atoms with Crippen LogP contribution in [0.3, 0.4) is 0 Å². The number of carbonyl (C=O) groups is 1. The minimum absolute atomic E-state index is 0.176. The van der Waals surface area contributed by atoms with E-state index in [0.717, 1.165) is 14.1 Å². The molecular formula is C16H10IN3O3S. The van der Waals surface area contributed by atoms with Gasteiger partial charge in [-0.2, -0.15) is 0 Å². The van der Waals surface area contributed by atoms with Gasteiger partial charge in [0.1, 0.15) is 0 Å². The Bertz CT molecular complexity index is 928. The molecule has 0 saturated heterocycles. The van der Waals surface area contributed by atoms with Gasteiger partial charge in [-0.15, -0.1) is 10.2 Å². The van der Waals surface area contributed by atoms with Crippen LogP contribution in [0.4, 0.5) is 5.13 Å². The standard InChI is InChI=1S/C16H10IN3O3S/c17-11-4-2-1-3-10(11)15-19-20-16(24-15)18-14(21)9-5-6-12-13(7-9)23-8-22-12/h1-7H,8H2,(H,18,20,21). The van der Waals surface area contributed by atoms with Gasteiger partial charge < -0.3 is 9.47 Å². The Balaban J connectivity index is 1.54. The average molecular weight is 451 g/mol. The number of nitrogens with zero attached hydrogens (tertiary/aromatic N) is 2. The highest BCUT2D eigenvalue weighted by atomic mass is 127. The van der Waals surface area contributed by atoms with Crippen LogP contribution in [0.5, 0.6) is 11.5 Å². The van der Waals surface area contributed by atoms with E-state index in [1.165, 1.54) is 11.3 Å². The monoisotopic (exact) mass is 451 g/mol. The number of nitrogens with one attached hydrogen (secondary N) is 1. The zero-order chi connectivity index (χ0) is 16.5. The number of amides is 1. The number of aromatic nitrogens is 2. The van der Waals surface area contributed by atoms with Crippen LogP contribution in [0.2, 0.25) is 0 Å². The number of benzene rings is 2. The lowest BCUT2D eigenvalue weighted by Gasteiger charge is -2.02. The lowest BCUT2D eigenvalue weighted by Crippen LogP contribution is -2.11. The van der Waals surface area contributed by atoms with E-state index in [1.807, 2.05) is 24.3 Å². The lowest BCUT2D eigenvalue weighted by atomic mass is 10.2. The third-order valence-electron chi connectivity index (χ3n) is 3.38. The summed E-state index contributed by atoms with van der Waals surface area (Å²) in [5.41, 5.74) is 1.48. The molecule has 4 rings (SSSR count). The highest BCUT2D eigenvalue weighted by Gasteiger charge is 2.17. The number of ether oxygens (including phenoxy) is 2. The first-order valence-electron chi connectivity index (χ1n) is 7.00. The summed E-state index contributed by atoms with van der Waals surface area (Å²) in [5, 5.41) is 12.2. The molecule has 1 aliphatic rings. The molecule has 1 aliphatic heterocycles. The molecule has 6 nitrogen and oxygen atoms in total. The molecule has 0 saturated carbocycles. The van der Waals surface area contributed by atoms with Crippen LogP contribution in [0.25, 0.3) is 10.6 Å². The van der Waals surface area contributed by atoms with Crippen LogP contribution in [-0.2, 0) is 0 Å². The van der Waals surface area contributed by atoms with Crippen LogP contribution in [-0.4, -0.2) is 22.9 Å². The van der Waals surface area contributed by atoms with Gasteiger partial charge in [0.2, 0.25) is 11.9 Å². The molecule has 24 heavy (non-hydrogen) atoms. The summed E-state index contributed by atoms with van der Waals surface area (Å²) in [6.45, 7) is 0.176. The smallest absolute Gasteiger partial charge is 0.257 e. The average Bonchev–Trinajstić information content (AvgIpc) is 3.23. The van der Waals surface area contributed by atoms with Crippen LogP contribution in [0.1, 0.15) is 10.4 Å². The van der Waals surface area contributed by atoms with Gasteiger partial charge in [-0.1, -0.05) is 29.5 Å². The van der Waals surface area contributed by atoms with Crippen LogP contribution in [0, 0.1) is 3.57 Å². The second kappa shape index (κ2) is 6.36. The van der Waals surface area contributed by atoms with Gasteiger partial charge in [-0.3, -0.25) is 10.1 Å². The summed E-state index contributed by atoms with van der Waals surface area (Å²) in [7, 11) is 0. The van der Waals surface area contributed by atoms with Crippen molar-refractivity contribution in [2.24, 2.45) is 0 Å². The third kappa shape index (κ3) is 2.94.